The summed E-state index contributed by atoms with van der Waals surface area (Å²) >= 11 is 0. The van der Waals surface area contributed by atoms with Gasteiger partial charge in [-0.05, 0) is 62.2 Å². The summed E-state index contributed by atoms with van der Waals surface area (Å²) < 4.78 is 29.7. The third-order valence-corrected chi connectivity index (χ3v) is 4.86. The van der Waals surface area contributed by atoms with Crippen LogP contribution in [0.25, 0.3) is 5.82 Å². The van der Waals surface area contributed by atoms with Crippen molar-refractivity contribution in [3.63, 3.8) is 0 Å². The second kappa shape index (κ2) is 6.09. The molecule has 0 spiro atoms. The topological polar surface area (TPSA) is 76.9 Å². The van der Waals surface area contributed by atoms with E-state index in [1.165, 1.54) is 4.57 Å². The van der Waals surface area contributed by atoms with Crippen LogP contribution in [0.15, 0.2) is 53.8 Å². The van der Waals surface area contributed by atoms with Crippen LogP contribution in [0.4, 0.5) is 5.69 Å². The van der Waals surface area contributed by atoms with Crippen LogP contribution < -0.4 is 4.72 Å². The van der Waals surface area contributed by atoms with Crippen molar-refractivity contribution in [1.82, 2.24) is 14.5 Å². The van der Waals surface area contributed by atoms with Crippen LogP contribution in [-0.2, 0) is 10.0 Å². The summed E-state index contributed by atoms with van der Waals surface area (Å²) in [6, 6.07) is 10.5. The lowest BCUT2D eigenvalue weighted by Gasteiger charge is -2.12. The largest absolute Gasteiger partial charge is 0.290 e. The zero-order chi connectivity index (χ0) is 17.3. The Labute approximate surface area is 141 Å². The molecular formula is C17H18N4O2S. The molecule has 0 aliphatic rings. The summed E-state index contributed by atoms with van der Waals surface area (Å²) in [4.78, 5) is 8.32. The van der Waals surface area contributed by atoms with E-state index in [1.807, 2.05) is 19.9 Å². The predicted octanol–water partition coefficient (Wildman–Crippen LogP) is 2.99. The van der Waals surface area contributed by atoms with Crippen LogP contribution in [0.5, 0.6) is 0 Å². The first-order valence-corrected chi connectivity index (χ1v) is 8.92. The molecule has 3 aromatic rings. The molecule has 24 heavy (non-hydrogen) atoms. The molecule has 3 rings (SSSR count). The Balaban J connectivity index is 2.01. The van der Waals surface area contributed by atoms with Crippen LogP contribution >= 0.6 is 0 Å². The highest BCUT2D eigenvalue weighted by Crippen LogP contribution is 2.21. The van der Waals surface area contributed by atoms with Crippen molar-refractivity contribution in [2.75, 3.05) is 4.72 Å². The van der Waals surface area contributed by atoms with Crippen molar-refractivity contribution in [2.24, 2.45) is 0 Å². The minimum atomic E-state index is -3.74. The molecule has 0 fully saturated rings. The van der Waals surface area contributed by atoms with Crippen molar-refractivity contribution in [1.29, 1.82) is 0 Å². The number of nitrogens with one attached hydrogen (secondary N) is 1. The maximum absolute atomic E-state index is 12.8. The molecule has 124 valence electrons. The van der Waals surface area contributed by atoms with Gasteiger partial charge < -0.3 is 0 Å². The van der Waals surface area contributed by atoms with Crippen LogP contribution in [0, 0.1) is 20.8 Å². The number of nitrogens with zero attached hydrogens (tertiary/aromatic N) is 3. The van der Waals surface area contributed by atoms with Crippen LogP contribution in [-0.4, -0.2) is 23.0 Å². The maximum Gasteiger partial charge on any atom is 0.277 e. The Bertz CT molecular complexity index is 973. The fourth-order valence-corrected chi connectivity index (χ4v) is 3.80. The molecule has 0 bridgehead atoms. The van der Waals surface area contributed by atoms with E-state index in [2.05, 4.69) is 14.7 Å². The number of sulfonamides is 1. The average molecular weight is 342 g/mol. The van der Waals surface area contributed by atoms with Gasteiger partial charge >= 0.3 is 0 Å². The van der Waals surface area contributed by atoms with Crippen molar-refractivity contribution in [3.05, 3.63) is 65.7 Å². The van der Waals surface area contributed by atoms with E-state index < -0.39 is 10.0 Å². The van der Waals surface area contributed by atoms with E-state index in [1.54, 1.807) is 49.6 Å². The summed E-state index contributed by atoms with van der Waals surface area (Å²) in [5.74, 6) is 1.08. The summed E-state index contributed by atoms with van der Waals surface area (Å²) in [5.41, 5.74) is 2.53. The van der Waals surface area contributed by atoms with E-state index >= 15 is 0 Å². The number of anilines is 1. The number of hydrogen-bond acceptors (Lipinski definition) is 4. The summed E-state index contributed by atoms with van der Waals surface area (Å²) in [5, 5.41) is 0.125. The van der Waals surface area contributed by atoms with Gasteiger partial charge in [0.25, 0.3) is 10.0 Å². The first-order valence-electron chi connectivity index (χ1n) is 7.44. The molecular weight excluding hydrogens is 324 g/mol. The van der Waals surface area contributed by atoms with Gasteiger partial charge in [-0.3, -0.25) is 9.29 Å². The second-order valence-corrected chi connectivity index (χ2v) is 7.29. The van der Waals surface area contributed by atoms with E-state index in [9.17, 15) is 8.42 Å². The Morgan fingerprint density at radius 1 is 1.04 bits per heavy atom. The Hall–Kier alpha value is -2.67. The molecule has 0 radical (unpaired) electrons. The number of benzene rings is 1. The zero-order valence-corrected chi connectivity index (χ0v) is 14.5. The minimum absolute atomic E-state index is 0.125. The number of rotatable bonds is 4. The molecule has 2 aromatic heterocycles. The SMILES string of the molecule is Cc1cc(C)cc(NS(=O)(=O)c2cccn2-c2ccnc(C)n2)c1. The Morgan fingerprint density at radius 2 is 1.75 bits per heavy atom. The van der Waals surface area contributed by atoms with Gasteiger partial charge in [0.1, 0.15) is 11.6 Å². The lowest BCUT2D eigenvalue weighted by molar-refractivity contribution is 0.594. The predicted molar refractivity (Wildman–Crippen MR) is 92.8 cm³/mol. The van der Waals surface area contributed by atoms with Gasteiger partial charge in [0.2, 0.25) is 0 Å². The number of aromatic nitrogens is 3. The molecule has 0 unspecified atom stereocenters. The van der Waals surface area contributed by atoms with Gasteiger partial charge in [0, 0.05) is 18.1 Å². The van der Waals surface area contributed by atoms with Crippen molar-refractivity contribution in [2.45, 2.75) is 25.8 Å². The Kier molecular flexibility index (Phi) is 4.11. The van der Waals surface area contributed by atoms with E-state index in [-0.39, 0.29) is 5.03 Å². The van der Waals surface area contributed by atoms with E-state index in [0.717, 1.165) is 11.1 Å². The molecule has 1 aromatic carbocycles. The maximum atomic E-state index is 12.8. The molecule has 0 aliphatic carbocycles. The number of aryl methyl sites for hydroxylation is 3. The third kappa shape index (κ3) is 3.30. The lowest BCUT2D eigenvalue weighted by atomic mass is 10.1. The van der Waals surface area contributed by atoms with E-state index in [0.29, 0.717) is 17.3 Å². The van der Waals surface area contributed by atoms with E-state index in [4.69, 9.17) is 0 Å². The summed E-state index contributed by atoms with van der Waals surface area (Å²) in [7, 11) is -3.74. The molecule has 7 heteroatoms. The van der Waals surface area contributed by atoms with Gasteiger partial charge in [0.15, 0.2) is 5.03 Å². The molecule has 1 N–H and O–H groups in total. The fraction of sp³-hybridized carbons (Fsp3) is 0.176. The molecule has 2 heterocycles. The van der Waals surface area contributed by atoms with Gasteiger partial charge in [0.05, 0.1) is 0 Å². The summed E-state index contributed by atoms with van der Waals surface area (Å²) in [6.07, 6.45) is 3.27. The molecule has 0 saturated carbocycles. The van der Waals surface area contributed by atoms with Crippen molar-refractivity contribution in [3.8, 4) is 5.82 Å². The first kappa shape index (κ1) is 16.2. The smallest absolute Gasteiger partial charge is 0.277 e. The van der Waals surface area contributed by atoms with Gasteiger partial charge in [-0.1, -0.05) is 6.07 Å². The molecule has 0 saturated heterocycles. The zero-order valence-electron chi connectivity index (χ0n) is 13.7. The molecule has 6 nitrogen and oxygen atoms in total. The standard InChI is InChI=1S/C17H18N4O2S/c1-12-9-13(2)11-15(10-12)20-24(22,23)17-5-4-8-21(17)16-6-7-18-14(3)19-16/h4-11,20H,1-3H3. The highest BCUT2D eigenvalue weighted by atomic mass is 32.2. The lowest BCUT2D eigenvalue weighted by Crippen LogP contribution is -2.17. The highest BCUT2D eigenvalue weighted by Gasteiger charge is 2.20. The fourth-order valence-electron chi connectivity index (χ4n) is 2.59. The molecule has 0 amide bonds. The summed E-state index contributed by atoms with van der Waals surface area (Å²) in [6.45, 7) is 5.61. The highest BCUT2D eigenvalue weighted by molar-refractivity contribution is 7.92. The van der Waals surface area contributed by atoms with Crippen molar-refractivity contribution >= 4 is 15.7 Å². The van der Waals surface area contributed by atoms with Crippen LogP contribution in [0.2, 0.25) is 0 Å². The third-order valence-electron chi connectivity index (χ3n) is 3.47. The van der Waals surface area contributed by atoms with Gasteiger partial charge in [-0.25, -0.2) is 9.97 Å². The minimum Gasteiger partial charge on any atom is -0.290 e. The quantitative estimate of drug-likeness (QED) is 0.791. The number of hydrogen-bond donors (Lipinski definition) is 1. The Morgan fingerprint density at radius 3 is 2.42 bits per heavy atom. The normalized spacial score (nSPS) is 11.5. The van der Waals surface area contributed by atoms with Crippen molar-refractivity contribution < 1.29 is 8.42 Å². The monoisotopic (exact) mass is 342 g/mol. The second-order valence-electron chi connectivity index (χ2n) is 5.66. The molecule has 0 atom stereocenters. The molecule has 0 aliphatic heterocycles. The van der Waals surface area contributed by atoms with Crippen LogP contribution in [0.3, 0.4) is 0 Å². The first-order chi connectivity index (χ1) is 11.3. The average Bonchev–Trinajstić information content (AvgIpc) is 2.95. The van der Waals surface area contributed by atoms with Gasteiger partial charge in [-0.15, -0.1) is 0 Å². The van der Waals surface area contributed by atoms with Gasteiger partial charge in [-0.2, -0.15) is 8.42 Å². The van der Waals surface area contributed by atoms with Crippen LogP contribution in [0.1, 0.15) is 17.0 Å².